The van der Waals surface area contributed by atoms with Gasteiger partial charge in [-0.15, -0.1) is 0 Å². The summed E-state index contributed by atoms with van der Waals surface area (Å²) in [5, 5.41) is 0. The third-order valence-corrected chi connectivity index (χ3v) is 6.36. The molecule has 1 atom stereocenters. The molecule has 2 heterocycles. The summed E-state index contributed by atoms with van der Waals surface area (Å²) in [6.07, 6.45) is 19.5. The molecule has 0 aromatic rings. The molecule has 4 heteroatoms. The molecule has 2 rings (SSSR count). The van der Waals surface area contributed by atoms with E-state index in [1.807, 2.05) is 4.90 Å². The molecule has 1 amide bonds. The van der Waals surface area contributed by atoms with Crippen LogP contribution in [0.1, 0.15) is 103 Å². The van der Waals surface area contributed by atoms with E-state index in [2.05, 4.69) is 11.8 Å². The average Bonchev–Trinajstić information content (AvgIpc) is 3.11. The van der Waals surface area contributed by atoms with Gasteiger partial charge >= 0.3 is 0 Å². The van der Waals surface area contributed by atoms with Crippen molar-refractivity contribution in [2.24, 2.45) is 0 Å². The maximum absolute atomic E-state index is 12.0. The third-order valence-electron chi connectivity index (χ3n) is 6.36. The van der Waals surface area contributed by atoms with Crippen LogP contribution in [0.25, 0.3) is 0 Å². The molecule has 2 fully saturated rings. The van der Waals surface area contributed by atoms with Crippen molar-refractivity contribution in [1.82, 2.24) is 9.80 Å². The van der Waals surface area contributed by atoms with E-state index in [4.69, 9.17) is 4.74 Å². The molecule has 0 aromatic carbocycles. The van der Waals surface area contributed by atoms with Crippen LogP contribution in [0.4, 0.5) is 0 Å². The normalized spacial score (nSPS) is 19.5. The van der Waals surface area contributed by atoms with E-state index >= 15 is 0 Å². The lowest BCUT2D eigenvalue weighted by Gasteiger charge is -2.32. The molecule has 0 aromatic heterocycles. The summed E-state index contributed by atoms with van der Waals surface area (Å²) in [5.74, 6) is 0.325. The first kappa shape index (κ1) is 23.7. The van der Waals surface area contributed by atoms with Gasteiger partial charge in [-0.3, -0.25) is 4.79 Å². The van der Waals surface area contributed by atoms with Gasteiger partial charge in [-0.05, 0) is 38.8 Å². The Morgan fingerprint density at radius 3 is 2.04 bits per heavy atom. The monoisotopic (exact) mass is 394 g/mol. The second-order valence-corrected chi connectivity index (χ2v) is 8.98. The molecule has 2 aliphatic heterocycles. The lowest BCUT2D eigenvalue weighted by molar-refractivity contribution is -0.129. The summed E-state index contributed by atoms with van der Waals surface area (Å²) in [6.45, 7) is 8.27. The number of unbranched alkanes of at least 4 members (excludes halogenated alkanes) is 9. The quantitative estimate of drug-likeness (QED) is 0.329. The van der Waals surface area contributed by atoms with E-state index in [1.54, 1.807) is 0 Å². The second kappa shape index (κ2) is 15.3. The highest BCUT2D eigenvalue weighted by molar-refractivity contribution is 5.78. The fourth-order valence-corrected chi connectivity index (χ4v) is 4.58. The van der Waals surface area contributed by atoms with Gasteiger partial charge in [0.25, 0.3) is 0 Å². The predicted molar refractivity (Wildman–Crippen MR) is 118 cm³/mol. The summed E-state index contributed by atoms with van der Waals surface area (Å²) in [7, 11) is 0. The Balaban J connectivity index is 1.55. The van der Waals surface area contributed by atoms with Crippen LogP contribution in [0, 0.1) is 0 Å². The Bertz CT molecular complexity index is 396. The molecule has 0 N–H and O–H groups in total. The molecule has 1 unspecified atom stereocenters. The van der Waals surface area contributed by atoms with Gasteiger partial charge in [0.05, 0.1) is 6.10 Å². The van der Waals surface area contributed by atoms with Gasteiger partial charge in [0, 0.05) is 32.7 Å². The molecular weight excluding hydrogens is 348 g/mol. The topological polar surface area (TPSA) is 32.8 Å². The first-order valence-corrected chi connectivity index (χ1v) is 12.4. The Labute approximate surface area is 174 Å². The molecular formula is C24H46N2O2. The third kappa shape index (κ3) is 10.2. The first-order valence-electron chi connectivity index (χ1n) is 12.4. The maximum atomic E-state index is 12.0. The average molecular weight is 395 g/mol. The van der Waals surface area contributed by atoms with Crippen LogP contribution in [-0.2, 0) is 9.53 Å². The van der Waals surface area contributed by atoms with Crippen LogP contribution in [0.3, 0.4) is 0 Å². The van der Waals surface area contributed by atoms with Gasteiger partial charge in [-0.2, -0.15) is 0 Å². The number of nitrogens with zero attached hydrogens (tertiary/aromatic N) is 2. The zero-order valence-electron chi connectivity index (χ0n) is 18.6. The number of amides is 1. The van der Waals surface area contributed by atoms with Crippen molar-refractivity contribution in [3.8, 4) is 0 Å². The largest absolute Gasteiger partial charge is 0.375 e. The predicted octanol–water partition coefficient (Wildman–Crippen LogP) is 5.40. The summed E-state index contributed by atoms with van der Waals surface area (Å²) in [4.78, 5) is 16.6. The molecule has 4 nitrogen and oxygen atoms in total. The number of ether oxygens (including phenoxy) is 1. The van der Waals surface area contributed by atoms with Crippen molar-refractivity contribution in [3.05, 3.63) is 0 Å². The fourth-order valence-electron chi connectivity index (χ4n) is 4.58. The summed E-state index contributed by atoms with van der Waals surface area (Å²) in [6, 6.07) is 0. The van der Waals surface area contributed by atoms with Gasteiger partial charge in [0.15, 0.2) is 0 Å². The van der Waals surface area contributed by atoms with E-state index in [1.165, 1.54) is 96.6 Å². The zero-order chi connectivity index (χ0) is 19.9. The van der Waals surface area contributed by atoms with Crippen LogP contribution < -0.4 is 0 Å². The fraction of sp³-hybridized carbons (Fsp3) is 0.958. The Hall–Kier alpha value is -0.610. The standard InChI is InChI=1S/C24H46N2O2/c1-2-3-4-5-6-7-8-9-10-14-20-28-23(21-25-17-12-11-13-18-25)22-26-19-15-16-24(26)27/h23H,2-22H2,1H3. The van der Waals surface area contributed by atoms with Crippen LogP contribution in [0.15, 0.2) is 0 Å². The zero-order valence-corrected chi connectivity index (χ0v) is 18.6. The molecule has 0 saturated carbocycles. The van der Waals surface area contributed by atoms with Gasteiger partial charge in [0.2, 0.25) is 5.91 Å². The molecule has 0 radical (unpaired) electrons. The lowest BCUT2D eigenvalue weighted by Crippen LogP contribution is -2.44. The lowest BCUT2D eigenvalue weighted by atomic mass is 10.1. The van der Waals surface area contributed by atoms with Gasteiger partial charge < -0.3 is 14.5 Å². The highest BCUT2D eigenvalue weighted by atomic mass is 16.5. The van der Waals surface area contributed by atoms with Crippen LogP contribution >= 0.6 is 0 Å². The van der Waals surface area contributed by atoms with Crippen molar-refractivity contribution in [2.45, 2.75) is 109 Å². The Morgan fingerprint density at radius 2 is 1.43 bits per heavy atom. The van der Waals surface area contributed by atoms with E-state index in [-0.39, 0.29) is 6.10 Å². The minimum absolute atomic E-state index is 0.193. The number of carbonyl (C=O) groups is 1. The minimum atomic E-state index is 0.193. The Morgan fingerprint density at radius 1 is 0.786 bits per heavy atom. The van der Waals surface area contributed by atoms with E-state index in [9.17, 15) is 4.79 Å². The van der Waals surface area contributed by atoms with Crippen molar-refractivity contribution in [1.29, 1.82) is 0 Å². The van der Waals surface area contributed by atoms with E-state index in [0.29, 0.717) is 5.91 Å². The van der Waals surface area contributed by atoms with Crippen LogP contribution in [0.5, 0.6) is 0 Å². The van der Waals surface area contributed by atoms with Crippen molar-refractivity contribution in [2.75, 3.05) is 39.3 Å². The smallest absolute Gasteiger partial charge is 0.222 e. The number of rotatable bonds is 16. The summed E-state index contributed by atoms with van der Waals surface area (Å²) >= 11 is 0. The number of hydrogen-bond acceptors (Lipinski definition) is 3. The number of hydrogen-bond donors (Lipinski definition) is 0. The van der Waals surface area contributed by atoms with Crippen LogP contribution in [-0.4, -0.2) is 61.1 Å². The molecule has 164 valence electrons. The molecule has 2 aliphatic rings. The summed E-state index contributed by atoms with van der Waals surface area (Å²) < 4.78 is 6.29. The van der Waals surface area contributed by atoms with E-state index < -0.39 is 0 Å². The molecule has 0 spiro atoms. The SMILES string of the molecule is CCCCCCCCCCCCOC(CN1CCCCC1)CN1CCCC1=O. The van der Waals surface area contributed by atoms with Crippen LogP contribution in [0.2, 0.25) is 0 Å². The van der Waals surface area contributed by atoms with Crippen molar-refractivity contribution < 1.29 is 9.53 Å². The number of carbonyl (C=O) groups excluding carboxylic acids is 1. The highest BCUT2D eigenvalue weighted by Gasteiger charge is 2.25. The summed E-state index contributed by atoms with van der Waals surface area (Å²) in [5.41, 5.74) is 0. The number of piperidine rings is 1. The van der Waals surface area contributed by atoms with E-state index in [0.717, 1.165) is 39.1 Å². The van der Waals surface area contributed by atoms with Gasteiger partial charge in [-0.1, -0.05) is 71.1 Å². The Kier molecular flexibility index (Phi) is 12.9. The maximum Gasteiger partial charge on any atom is 0.222 e. The first-order chi connectivity index (χ1) is 13.8. The van der Waals surface area contributed by atoms with Crippen molar-refractivity contribution in [3.63, 3.8) is 0 Å². The molecule has 2 saturated heterocycles. The molecule has 0 bridgehead atoms. The minimum Gasteiger partial charge on any atom is -0.375 e. The highest BCUT2D eigenvalue weighted by Crippen LogP contribution is 2.15. The molecule has 28 heavy (non-hydrogen) atoms. The number of likely N-dealkylation sites (tertiary alicyclic amines) is 2. The second-order valence-electron chi connectivity index (χ2n) is 8.98. The van der Waals surface area contributed by atoms with Gasteiger partial charge in [0.1, 0.15) is 0 Å². The van der Waals surface area contributed by atoms with Crippen molar-refractivity contribution >= 4 is 5.91 Å². The molecule has 0 aliphatic carbocycles. The van der Waals surface area contributed by atoms with Gasteiger partial charge in [-0.25, -0.2) is 0 Å².